The Morgan fingerprint density at radius 1 is 0.342 bits per heavy atom. The van der Waals surface area contributed by atoms with Crippen LogP contribution in [0.25, 0.3) is 33.4 Å². The second-order valence-electron chi connectivity index (χ2n) is 27.1. The maximum Gasteiger partial charge on any atom is 0.490 e. The van der Waals surface area contributed by atoms with Crippen LogP contribution in [-0.2, 0) is 38.0 Å². The van der Waals surface area contributed by atoms with Crippen molar-refractivity contribution in [3.63, 3.8) is 0 Å². The fraction of sp³-hybridized carbons (Fsp3) is 0.263. The first-order chi connectivity index (χ1) is 37.6. The van der Waals surface area contributed by atoms with Crippen molar-refractivity contribution in [3.8, 4) is 33.4 Å². The lowest BCUT2D eigenvalue weighted by molar-refractivity contribution is -0.533. The van der Waals surface area contributed by atoms with Gasteiger partial charge in [0.1, 0.15) is 0 Å². The van der Waals surface area contributed by atoms with Crippen molar-refractivity contribution in [2.75, 3.05) is 7.05 Å². The van der Waals surface area contributed by atoms with E-state index >= 15 is 0 Å². The first-order valence-electron chi connectivity index (χ1n) is 28.5. The maximum atomic E-state index is 5.50. The number of pyridine rings is 1. The van der Waals surface area contributed by atoms with Crippen LogP contribution in [0.5, 0.6) is 0 Å². The van der Waals surface area contributed by atoms with Crippen LogP contribution in [0.4, 0.5) is 0 Å². The van der Waals surface area contributed by atoms with E-state index in [1.165, 1.54) is 111 Å². The summed E-state index contributed by atoms with van der Waals surface area (Å²) < 4.78 is 4.40. The zero-order chi connectivity index (χ0) is 55.2. The molecule has 13 rings (SSSR count). The predicted octanol–water partition coefficient (Wildman–Crippen LogP) is 17.6. The van der Waals surface area contributed by atoms with Gasteiger partial charge in [0.2, 0.25) is 12.4 Å². The molecular formula is C76H73N3+2. The fourth-order valence-corrected chi connectivity index (χ4v) is 14.1. The number of benzene rings is 8. The van der Waals surface area contributed by atoms with Gasteiger partial charge in [0.15, 0.2) is 7.05 Å². The van der Waals surface area contributed by atoms with Crippen molar-refractivity contribution in [1.29, 1.82) is 0 Å². The minimum absolute atomic E-state index is 0.0275. The molecule has 0 saturated carbocycles. The molecule has 3 atom stereocenters. The first kappa shape index (κ1) is 50.5. The van der Waals surface area contributed by atoms with Gasteiger partial charge in [0.25, 0.3) is 5.54 Å². The molecule has 3 nitrogen and oxygen atoms in total. The third-order valence-corrected chi connectivity index (χ3v) is 18.2. The van der Waals surface area contributed by atoms with Gasteiger partial charge in [-0.15, -0.1) is 0 Å². The van der Waals surface area contributed by atoms with Crippen LogP contribution in [-0.4, -0.2) is 27.2 Å². The van der Waals surface area contributed by atoms with Gasteiger partial charge in [0.05, 0.1) is 16.5 Å². The van der Waals surface area contributed by atoms with Crippen molar-refractivity contribution < 1.29 is 9.15 Å². The van der Waals surface area contributed by atoms with Gasteiger partial charge in [-0.3, -0.25) is 4.98 Å². The van der Waals surface area contributed by atoms with Crippen LogP contribution in [0.1, 0.15) is 167 Å². The zero-order valence-electron chi connectivity index (χ0n) is 48.5. The monoisotopic (exact) mass is 1030 g/mol. The van der Waals surface area contributed by atoms with E-state index in [0.717, 1.165) is 5.69 Å². The average molecular weight is 1030 g/mol. The minimum atomic E-state index is -0.753. The Hall–Kier alpha value is -7.97. The summed E-state index contributed by atoms with van der Waals surface area (Å²) in [4.78, 5) is 5.50. The Labute approximate surface area is 469 Å². The first-order valence-corrected chi connectivity index (χ1v) is 28.5. The van der Waals surface area contributed by atoms with Crippen molar-refractivity contribution in [1.82, 2.24) is 4.98 Å². The largest absolute Gasteiger partial charge is 0.490 e. The lowest BCUT2D eigenvalue weighted by Crippen LogP contribution is -2.38. The third kappa shape index (κ3) is 7.28. The van der Waals surface area contributed by atoms with Gasteiger partial charge < -0.3 is 0 Å². The molecule has 0 N–H and O–H groups in total. The molecule has 0 fully saturated rings. The van der Waals surface area contributed by atoms with Crippen LogP contribution in [0.3, 0.4) is 0 Å². The molecule has 0 amide bonds. The molecule has 2 heterocycles. The molecule has 0 spiro atoms. The number of nitrogens with zero attached hydrogens (tertiary/aromatic N) is 3. The Balaban J connectivity index is 1.15. The molecule has 0 saturated heterocycles. The Morgan fingerprint density at radius 2 is 0.722 bits per heavy atom. The molecule has 0 bridgehead atoms. The van der Waals surface area contributed by atoms with E-state index in [-0.39, 0.29) is 21.7 Å². The molecule has 3 unspecified atom stereocenters. The maximum absolute atomic E-state index is 5.50. The van der Waals surface area contributed by atoms with Crippen molar-refractivity contribution >= 4 is 6.01 Å². The van der Waals surface area contributed by atoms with Crippen LogP contribution < -0.4 is 0 Å². The molecule has 390 valence electrons. The normalized spacial score (nSPS) is 19.8. The van der Waals surface area contributed by atoms with E-state index in [4.69, 9.17) is 4.98 Å². The molecule has 9 aromatic rings. The van der Waals surface area contributed by atoms with Crippen LogP contribution in [0.2, 0.25) is 0 Å². The SMILES string of the molecule is C[N+]1=C=[N+](C2(c3cccc(C4(c5cccc(C6(c7cc(C(C)(C)C)ccn7)c7ccccc7-c7cc(C(C)(C)C)ccc76)c5)c5ccccc5-c5cc(C(C)(C)C)ccc54)c3)c3ccccc3-c3cc(C(C)(C)C)ccc32)C=C1. The van der Waals surface area contributed by atoms with Gasteiger partial charge in [-0.25, -0.2) is 0 Å². The number of hydrogen-bond donors (Lipinski definition) is 0. The molecule has 0 radical (unpaired) electrons. The molecule has 1 aromatic heterocycles. The topological polar surface area (TPSA) is 18.9 Å². The minimum Gasteiger partial charge on any atom is -0.260 e. The lowest BCUT2D eigenvalue weighted by Gasteiger charge is -2.38. The molecule has 4 aliphatic rings. The molecule has 3 aliphatic carbocycles. The summed E-state index contributed by atoms with van der Waals surface area (Å²) in [7, 11) is 2.08. The zero-order valence-corrected chi connectivity index (χ0v) is 48.5. The highest BCUT2D eigenvalue weighted by molar-refractivity contribution is 5.90. The van der Waals surface area contributed by atoms with Gasteiger partial charge in [-0.1, -0.05) is 262 Å². The van der Waals surface area contributed by atoms with E-state index < -0.39 is 16.4 Å². The molecule has 79 heavy (non-hydrogen) atoms. The fourth-order valence-electron chi connectivity index (χ4n) is 14.1. The highest BCUT2D eigenvalue weighted by Gasteiger charge is 2.58. The smallest absolute Gasteiger partial charge is 0.260 e. The molecule has 3 heteroatoms. The molecule has 1 aliphatic heterocycles. The molecule has 8 aromatic carbocycles. The number of aromatic nitrogens is 1. The summed E-state index contributed by atoms with van der Waals surface area (Å²) in [5, 5.41) is 0. The van der Waals surface area contributed by atoms with Gasteiger partial charge >= 0.3 is 6.01 Å². The van der Waals surface area contributed by atoms with Crippen LogP contribution in [0, 0.1) is 0 Å². The number of fused-ring (bicyclic) bond motifs is 9. The Kier molecular flexibility index (Phi) is 11.0. The summed E-state index contributed by atoms with van der Waals surface area (Å²) in [5.74, 6) is 0. The quantitative estimate of drug-likeness (QED) is 0.152. The van der Waals surface area contributed by atoms with E-state index in [2.05, 4.69) is 312 Å². The molecular weight excluding hydrogens is 955 g/mol. The summed E-state index contributed by atoms with van der Waals surface area (Å²) in [6, 6.07) is 77.2. The van der Waals surface area contributed by atoms with Gasteiger partial charge in [-0.05, 0) is 134 Å². The average Bonchev–Trinajstić information content (AvgIpc) is 2.76. The number of rotatable bonds is 6. The van der Waals surface area contributed by atoms with Crippen LogP contribution >= 0.6 is 0 Å². The lowest BCUT2D eigenvalue weighted by atomic mass is 9.64. The van der Waals surface area contributed by atoms with Crippen molar-refractivity contribution in [2.45, 2.75) is 121 Å². The van der Waals surface area contributed by atoms with Gasteiger partial charge in [-0.2, -0.15) is 0 Å². The van der Waals surface area contributed by atoms with Crippen molar-refractivity contribution in [3.05, 3.63) is 290 Å². The summed E-state index contributed by atoms with van der Waals surface area (Å²) >= 11 is 0. The van der Waals surface area contributed by atoms with Crippen LogP contribution in [0.15, 0.2) is 207 Å². The highest BCUT2D eigenvalue weighted by Crippen LogP contribution is 2.62. The van der Waals surface area contributed by atoms with E-state index in [1.807, 2.05) is 0 Å². The second kappa shape index (κ2) is 17.3. The second-order valence-corrected chi connectivity index (χ2v) is 27.1. The highest BCUT2D eigenvalue weighted by atomic mass is 15.2. The summed E-state index contributed by atoms with van der Waals surface area (Å²) in [6.45, 7) is 27.9. The van der Waals surface area contributed by atoms with Crippen molar-refractivity contribution in [2.24, 2.45) is 0 Å². The predicted molar refractivity (Wildman–Crippen MR) is 326 cm³/mol. The Bertz CT molecular complexity index is 4130. The van der Waals surface area contributed by atoms with E-state index in [9.17, 15) is 0 Å². The van der Waals surface area contributed by atoms with E-state index in [1.54, 1.807) is 0 Å². The van der Waals surface area contributed by atoms with E-state index in [0.29, 0.717) is 0 Å². The number of hydrogen-bond acceptors (Lipinski definition) is 1. The third-order valence-electron chi connectivity index (χ3n) is 18.2. The summed E-state index contributed by atoms with van der Waals surface area (Å²) in [6.07, 6.45) is 6.40. The standard InChI is InChI=1S/C76H73N3/c1-70(2,3)49-32-35-65-60(44-49)57-26-14-17-29-63(57)74(65,54-23-21-25-56(43-54)76(79-41-40-78(13)48-79)67-31-19-16-28-59(67)62-46-51(72(7,8)9)34-37-68(62)76)53-22-20-24-55(42-53)75(69-47-52(38-39-77-69)73(10,11)12)64-30-18-15-27-58(64)61-45-50(71(4,5)6)33-36-66(61)75/h14-47H,1-13H3/q+2. The van der Waals surface area contributed by atoms with Gasteiger partial charge in [0, 0.05) is 22.9 Å². The Morgan fingerprint density at radius 3 is 1.23 bits per heavy atom. The summed E-state index contributed by atoms with van der Waals surface area (Å²) in [5.41, 5.74) is 23.8.